The fourth-order valence-electron chi connectivity index (χ4n) is 5.01. The van der Waals surface area contributed by atoms with Crippen LogP contribution in [0.1, 0.15) is 71.8 Å². The molecule has 1 aromatic rings. The summed E-state index contributed by atoms with van der Waals surface area (Å²) in [4.78, 5) is 0. The molecule has 0 spiro atoms. The maximum absolute atomic E-state index is 6.94. The number of hydrogen-bond donors (Lipinski definition) is 0. The van der Waals surface area contributed by atoms with Gasteiger partial charge < -0.3 is 9.16 Å². The van der Waals surface area contributed by atoms with Gasteiger partial charge in [-0.25, -0.2) is 0 Å². The molecule has 0 aliphatic heterocycles. The van der Waals surface area contributed by atoms with E-state index in [0.717, 1.165) is 50.7 Å². The second kappa shape index (κ2) is 14.2. The van der Waals surface area contributed by atoms with Gasteiger partial charge in [0.05, 0.1) is 11.9 Å². The zero-order valence-electron chi connectivity index (χ0n) is 24.0. The number of benzene rings is 1. The highest BCUT2D eigenvalue weighted by atomic mass is 28.4. The summed E-state index contributed by atoms with van der Waals surface area (Å²) in [6.45, 7) is 26.1. The molecule has 0 N–H and O–H groups in total. The Balaban J connectivity index is 2.17. The summed E-state index contributed by atoms with van der Waals surface area (Å²) < 4.78 is 13.4. The van der Waals surface area contributed by atoms with E-state index in [2.05, 4.69) is 109 Å². The van der Waals surface area contributed by atoms with E-state index in [-0.39, 0.29) is 17.2 Å². The summed E-state index contributed by atoms with van der Waals surface area (Å²) in [5.41, 5.74) is 1.37. The molecule has 0 unspecified atom stereocenters. The molecular weight excluding hydrogens is 456 g/mol. The first-order chi connectivity index (χ1) is 17.0. The number of rotatable bonds is 15. The average molecular weight is 509 g/mol. The van der Waals surface area contributed by atoms with Crippen molar-refractivity contribution in [3.05, 3.63) is 85.7 Å². The van der Waals surface area contributed by atoms with Crippen molar-refractivity contribution in [1.82, 2.24) is 0 Å². The summed E-state index contributed by atoms with van der Waals surface area (Å²) in [6.07, 6.45) is 16.2. The number of hydrogen-bond acceptors (Lipinski definition) is 2. The van der Waals surface area contributed by atoms with Crippen molar-refractivity contribution in [2.24, 2.45) is 17.8 Å². The summed E-state index contributed by atoms with van der Waals surface area (Å²) in [7, 11) is -1.89. The Bertz CT molecular complexity index is 848. The van der Waals surface area contributed by atoms with Crippen LogP contribution in [0, 0.1) is 17.8 Å². The highest BCUT2D eigenvalue weighted by molar-refractivity contribution is 6.74. The molecule has 0 saturated heterocycles. The SMILES string of the molecule is C=CCCCC(=C)O[C@H]1C[C@@H](C)[C@H](/C=C/[C@H](CCc2ccccc2)O[Si](C)(C)C(C)(C)C)[C@H]1CC=C. The number of allylic oxidation sites excluding steroid dienone is 4. The van der Waals surface area contributed by atoms with Crippen molar-refractivity contribution in [2.75, 3.05) is 0 Å². The normalized spacial score (nSPS) is 23.5. The molecule has 36 heavy (non-hydrogen) atoms. The second-order valence-electron chi connectivity index (χ2n) is 12.2. The zero-order chi connectivity index (χ0) is 26.8. The molecule has 1 saturated carbocycles. The minimum atomic E-state index is -1.89. The van der Waals surface area contributed by atoms with Gasteiger partial charge in [-0.05, 0) is 74.1 Å². The average Bonchev–Trinajstić information content (AvgIpc) is 3.09. The standard InChI is InChI=1S/C33H52O2Si/c1-10-12-14-18-27(4)34-32-25-26(3)30(31(32)17-11-2)24-23-29(35-36(8,9)33(5,6)7)22-21-28-19-15-13-16-20-28/h10-11,13,15-16,19-20,23-24,26,29-32H,1-2,4,12,14,17-18,21-22,25H2,3,5-9H3/b24-23+/t26-,29+,30+,31-,32+/m1/s1. The van der Waals surface area contributed by atoms with Crippen LogP contribution in [0.3, 0.4) is 0 Å². The number of ether oxygens (including phenoxy) is 1. The van der Waals surface area contributed by atoms with Gasteiger partial charge in [-0.2, -0.15) is 0 Å². The van der Waals surface area contributed by atoms with Crippen LogP contribution in [0.15, 0.2) is 80.1 Å². The van der Waals surface area contributed by atoms with Crippen molar-refractivity contribution in [3.8, 4) is 0 Å². The molecule has 3 heteroatoms. The molecule has 1 fully saturated rings. The molecule has 200 valence electrons. The lowest BCUT2D eigenvalue weighted by atomic mass is 9.87. The van der Waals surface area contributed by atoms with E-state index in [1.54, 1.807) is 0 Å². The molecular formula is C33H52O2Si. The molecule has 5 atom stereocenters. The zero-order valence-corrected chi connectivity index (χ0v) is 25.0. The first-order valence-electron chi connectivity index (χ1n) is 13.9. The second-order valence-corrected chi connectivity index (χ2v) is 16.9. The highest BCUT2D eigenvalue weighted by Crippen LogP contribution is 2.43. The van der Waals surface area contributed by atoms with Crippen molar-refractivity contribution in [2.45, 2.75) is 103 Å². The van der Waals surface area contributed by atoms with Crippen LogP contribution in [0.2, 0.25) is 18.1 Å². The lowest BCUT2D eigenvalue weighted by Gasteiger charge is -2.39. The Kier molecular flexibility index (Phi) is 12.0. The monoisotopic (exact) mass is 508 g/mol. The van der Waals surface area contributed by atoms with Crippen LogP contribution < -0.4 is 0 Å². The molecule has 0 heterocycles. The molecule has 2 nitrogen and oxygen atoms in total. The Morgan fingerprint density at radius 1 is 1.14 bits per heavy atom. The predicted octanol–water partition coefficient (Wildman–Crippen LogP) is 9.67. The van der Waals surface area contributed by atoms with Crippen LogP contribution in [0.4, 0.5) is 0 Å². The van der Waals surface area contributed by atoms with E-state index in [1.807, 2.05) is 6.08 Å². The Labute approximate surface area is 223 Å². The van der Waals surface area contributed by atoms with Crippen LogP contribution >= 0.6 is 0 Å². The van der Waals surface area contributed by atoms with E-state index >= 15 is 0 Å². The number of aryl methyl sites for hydroxylation is 1. The van der Waals surface area contributed by atoms with E-state index in [1.165, 1.54) is 5.56 Å². The van der Waals surface area contributed by atoms with Crippen LogP contribution in [0.5, 0.6) is 0 Å². The van der Waals surface area contributed by atoms with Gasteiger partial charge in [0.2, 0.25) is 0 Å². The fourth-order valence-corrected chi connectivity index (χ4v) is 6.32. The van der Waals surface area contributed by atoms with Gasteiger partial charge in [0.1, 0.15) is 6.10 Å². The summed E-state index contributed by atoms with van der Waals surface area (Å²) in [6, 6.07) is 10.8. The van der Waals surface area contributed by atoms with Crippen LogP contribution in [0.25, 0.3) is 0 Å². The van der Waals surface area contributed by atoms with Gasteiger partial charge in [0, 0.05) is 12.3 Å². The third kappa shape index (κ3) is 9.23. The molecule has 0 bridgehead atoms. The molecule has 1 aromatic carbocycles. The van der Waals surface area contributed by atoms with Crippen molar-refractivity contribution in [1.29, 1.82) is 0 Å². The minimum Gasteiger partial charge on any atom is -0.495 e. The Hall–Kier alpha value is -1.84. The molecule has 0 radical (unpaired) electrons. The fraction of sp³-hybridized carbons (Fsp3) is 0.576. The van der Waals surface area contributed by atoms with E-state index in [4.69, 9.17) is 9.16 Å². The van der Waals surface area contributed by atoms with Crippen LogP contribution in [-0.4, -0.2) is 20.5 Å². The lowest BCUT2D eigenvalue weighted by molar-refractivity contribution is 0.0726. The van der Waals surface area contributed by atoms with Gasteiger partial charge in [0.15, 0.2) is 8.32 Å². The predicted molar refractivity (Wildman–Crippen MR) is 160 cm³/mol. The molecule has 0 amide bonds. The summed E-state index contributed by atoms with van der Waals surface area (Å²) in [5.74, 6) is 2.35. The van der Waals surface area contributed by atoms with Crippen molar-refractivity contribution < 1.29 is 9.16 Å². The van der Waals surface area contributed by atoms with Gasteiger partial charge in [-0.15, -0.1) is 13.2 Å². The van der Waals surface area contributed by atoms with Crippen molar-refractivity contribution in [3.63, 3.8) is 0 Å². The van der Waals surface area contributed by atoms with Gasteiger partial charge in [0.25, 0.3) is 0 Å². The van der Waals surface area contributed by atoms with Gasteiger partial charge >= 0.3 is 0 Å². The summed E-state index contributed by atoms with van der Waals surface area (Å²) >= 11 is 0. The number of unbranched alkanes of at least 4 members (excludes halogenated alkanes) is 1. The maximum atomic E-state index is 6.94. The third-order valence-corrected chi connectivity index (χ3v) is 12.7. The first-order valence-corrected chi connectivity index (χ1v) is 16.9. The smallest absolute Gasteiger partial charge is 0.192 e. The van der Waals surface area contributed by atoms with E-state index in [0.29, 0.717) is 17.8 Å². The van der Waals surface area contributed by atoms with Crippen molar-refractivity contribution >= 4 is 8.32 Å². The van der Waals surface area contributed by atoms with Gasteiger partial charge in [-0.3, -0.25) is 0 Å². The Morgan fingerprint density at radius 3 is 2.44 bits per heavy atom. The third-order valence-electron chi connectivity index (χ3n) is 8.21. The van der Waals surface area contributed by atoms with E-state index < -0.39 is 8.32 Å². The highest BCUT2D eigenvalue weighted by Gasteiger charge is 2.41. The molecule has 1 aliphatic rings. The Morgan fingerprint density at radius 2 is 1.83 bits per heavy atom. The molecule has 0 aromatic heterocycles. The largest absolute Gasteiger partial charge is 0.495 e. The first kappa shape index (κ1) is 30.4. The minimum absolute atomic E-state index is 0.122. The molecule has 2 rings (SSSR count). The van der Waals surface area contributed by atoms with Crippen LogP contribution in [-0.2, 0) is 15.6 Å². The van der Waals surface area contributed by atoms with Gasteiger partial charge in [-0.1, -0.05) is 88.9 Å². The molecule has 1 aliphatic carbocycles. The van der Waals surface area contributed by atoms with E-state index in [9.17, 15) is 0 Å². The summed E-state index contributed by atoms with van der Waals surface area (Å²) in [5, 5.41) is 0.183. The maximum Gasteiger partial charge on any atom is 0.192 e. The lowest BCUT2D eigenvalue weighted by Crippen LogP contribution is -2.43. The quantitative estimate of drug-likeness (QED) is 0.102. The topological polar surface area (TPSA) is 18.5 Å².